The van der Waals surface area contributed by atoms with Crippen molar-refractivity contribution in [3.8, 4) is 0 Å². The quantitative estimate of drug-likeness (QED) is 0.864. The molecule has 0 aliphatic carbocycles. The molecule has 0 aliphatic rings. The van der Waals surface area contributed by atoms with E-state index in [-0.39, 0.29) is 0 Å². The zero-order valence-corrected chi connectivity index (χ0v) is 12.3. The summed E-state index contributed by atoms with van der Waals surface area (Å²) in [6, 6.07) is 1.72. The maximum Gasteiger partial charge on any atom is 0.349 e. The Balaban J connectivity index is 2.19. The van der Waals surface area contributed by atoms with Crippen molar-refractivity contribution in [2.45, 2.75) is 13.0 Å². The Morgan fingerprint density at radius 2 is 2.11 bits per heavy atom. The van der Waals surface area contributed by atoms with E-state index in [0.29, 0.717) is 4.88 Å². The number of amides is 1. The second-order valence-corrected chi connectivity index (χ2v) is 6.16. The number of nitrogens with two attached hydrogens (primary N) is 1. The minimum absolute atomic E-state index is 0.423. The molecule has 0 aromatic carbocycles. The molecule has 0 saturated heterocycles. The van der Waals surface area contributed by atoms with Gasteiger partial charge in [-0.15, -0.1) is 11.3 Å². The van der Waals surface area contributed by atoms with Gasteiger partial charge < -0.3 is 15.4 Å². The summed E-state index contributed by atoms with van der Waals surface area (Å²) in [5.74, 6) is -1.22. The lowest BCUT2D eigenvalue weighted by Gasteiger charge is -2.07. The van der Waals surface area contributed by atoms with Crippen LogP contribution in [0, 0.1) is 0 Å². The number of hydrogen-bond acceptors (Lipinski definition) is 7. The summed E-state index contributed by atoms with van der Waals surface area (Å²) < 4.78 is 5.86. The molecule has 8 heteroatoms. The average molecular weight is 299 g/mol. The lowest BCUT2D eigenvalue weighted by molar-refractivity contribution is -0.125. The van der Waals surface area contributed by atoms with Crippen LogP contribution in [0.3, 0.4) is 0 Å². The van der Waals surface area contributed by atoms with E-state index in [1.54, 1.807) is 6.07 Å². The van der Waals surface area contributed by atoms with Gasteiger partial charge in [0.1, 0.15) is 9.71 Å². The Morgan fingerprint density at radius 1 is 1.42 bits per heavy atom. The van der Waals surface area contributed by atoms with Crippen molar-refractivity contribution in [1.82, 2.24) is 4.98 Å². The fraction of sp³-hybridized carbons (Fsp3) is 0.364. The number of thiophene rings is 1. The molecular weight excluding hydrogens is 286 g/mol. The minimum Gasteiger partial charge on any atom is -0.448 e. The Kier molecular flexibility index (Phi) is 3.72. The van der Waals surface area contributed by atoms with Crippen molar-refractivity contribution in [1.29, 1.82) is 0 Å². The number of carbonyl (C=O) groups is 2. The number of primary amides is 1. The molecule has 2 aromatic rings. The Bertz CT molecular complexity index is 601. The molecule has 1 atom stereocenters. The van der Waals surface area contributed by atoms with Gasteiger partial charge in [-0.3, -0.25) is 4.79 Å². The van der Waals surface area contributed by atoms with Crippen molar-refractivity contribution >= 4 is 49.2 Å². The van der Waals surface area contributed by atoms with E-state index in [2.05, 4.69) is 4.98 Å². The molecule has 2 aromatic heterocycles. The van der Waals surface area contributed by atoms with E-state index in [0.717, 1.165) is 14.7 Å². The highest BCUT2D eigenvalue weighted by atomic mass is 32.1. The molecule has 0 spiro atoms. The van der Waals surface area contributed by atoms with Crippen LogP contribution < -0.4 is 10.6 Å². The van der Waals surface area contributed by atoms with E-state index in [1.807, 2.05) is 19.0 Å². The number of esters is 1. The maximum atomic E-state index is 11.8. The number of fused-ring (bicyclic) bond motifs is 1. The number of nitrogens with zero attached hydrogens (tertiary/aromatic N) is 2. The highest BCUT2D eigenvalue weighted by Crippen LogP contribution is 2.34. The maximum absolute atomic E-state index is 11.8. The molecule has 0 saturated carbocycles. The van der Waals surface area contributed by atoms with Crippen molar-refractivity contribution in [3.63, 3.8) is 0 Å². The molecule has 0 bridgehead atoms. The topological polar surface area (TPSA) is 85.5 Å². The van der Waals surface area contributed by atoms with Gasteiger partial charge in [0.15, 0.2) is 11.2 Å². The SMILES string of the molecule is C[C@H](OC(=O)c1cc2sc(N(C)C)nc2s1)C(N)=O. The highest BCUT2D eigenvalue weighted by Gasteiger charge is 2.19. The number of hydrogen-bond donors (Lipinski definition) is 1. The summed E-state index contributed by atoms with van der Waals surface area (Å²) in [5.41, 5.74) is 5.04. The molecule has 0 unspecified atom stereocenters. The van der Waals surface area contributed by atoms with Crippen LogP contribution in [-0.2, 0) is 9.53 Å². The van der Waals surface area contributed by atoms with Crippen LogP contribution in [-0.4, -0.2) is 37.1 Å². The van der Waals surface area contributed by atoms with Gasteiger partial charge in [-0.25, -0.2) is 9.78 Å². The first-order valence-electron chi connectivity index (χ1n) is 5.46. The van der Waals surface area contributed by atoms with E-state index >= 15 is 0 Å². The summed E-state index contributed by atoms with van der Waals surface area (Å²) in [5, 5.41) is 0.881. The number of carbonyl (C=O) groups excluding carboxylic acids is 2. The third-order valence-electron chi connectivity index (χ3n) is 2.35. The summed E-state index contributed by atoms with van der Waals surface area (Å²) >= 11 is 2.74. The fourth-order valence-corrected chi connectivity index (χ4v) is 3.31. The Hall–Kier alpha value is -1.67. The zero-order chi connectivity index (χ0) is 14.2. The minimum atomic E-state index is -0.932. The van der Waals surface area contributed by atoms with Crippen molar-refractivity contribution in [3.05, 3.63) is 10.9 Å². The first kappa shape index (κ1) is 13.8. The number of anilines is 1. The Morgan fingerprint density at radius 3 is 2.63 bits per heavy atom. The number of ether oxygens (including phenoxy) is 1. The standard InChI is InChI=1S/C11H13N3O3S2/c1-5(8(12)15)17-10(16)7-4-6-9(18-7)13-11(19-6)14(2)3/h4-5H,1-3H3,(H2,12,15)/t5-/m0/s1. The predicted molar refractivity (Wildman–Crippen MR) is 75.9 cm³/mol. The molecule has 102 valence electrons. The van der Waals surface area contributed by atoms with Crippen LogP contribution in [0.5, 0.6) is 0 Å². The van der Waals surface area contributed by atoms with Gasteiger partial charge in [-0.05, 0) is 13.0 Å². The van der Waals surface area contributed by atoms with Crippen LogP contribution in [0.25, 0.3) is 9.53 Å². The second-order valence-electron chi connectivity index (χ2n) is 4.12. The average Bonchev–Trinajstić information content (AvgIpc) is 2.85. The largest absolute Gasteiger partial charge is 0.448 e. The molecule has 19 heavy (non-hydrogen) atoms. The molecule has 0 radical (unpaired) electrons. The third-order valence-corrected chi connectivity index (χ3v) is 4.65. The van der Waals surface area contributed by atoms with Gasteiger partial charge in [0, 0.05) is 14.1 Å². The van der Waals surface area contributed by atoms with E-state index in [1.165, 1.54) is 29.6 Å². The molecule has 1 amide bonds. The molecule has 2 N–H and O–H groups in total. The second kappa shape index (κ2) is 5.14. The number of thiazole rings is 1. The predicted octanol–water partition coefficient (Wildman–Crippen LogP) is 1.45. The lowest BCUT2D eigenvalue weighted by Crippen LogP contribution is -2.30. The van der Waals surface area contributed by atoms with Crippen LogP contribution in [0.1, 0.15) is 16.6 Å². The van der Waals surface area contributed by atoms with Gasteiger partial charge in [0.25, 0.3) is 5.91 Å². The van der Waals surface area contributed by atoms with E-state index in [4.69, 9.17) is 10.5 Å². The fourth-order valence-electron chi connectivity index (χ4n) is 1.29. The molecule has 0 fully saturated rings. The van der Waals surface area contributed by atoms with Gasteiger partial charge >= 0.3 is 5.97 Å². The first-order valence-corrected chi connectivity index (χ1v) is 7.09. The molecule has 0 aliphatic heterocycles. The van der Waals surface area contributed by atoms with Crippen LogP contribution in [0.4, 0.5) is 5.13 Å². The zero-order valence-electron chi connectivity index (χ0n) is 10.7. The molecule has 2 rings (SSSR count). The van der Waals surface area contributed by atoms with Crippen LogP contribution in [0.2, 0.25) is 0 Å². The molecule has 2 heterocycles. The normalized spacial score (nSPS) is 12.4. The van der Waals surface area contributed by atoms with E-state index in [9.17, 15) is 9.59 Å². The van der Waals surface area contributed by atoms with Crippen LogP contribution >= 0.6 is 22.7 Å². The van der Waals surface area contributed by atoms with Gasteiger partial charge in [-0.2, -0.15) is 0 Å². The monoisotopic (exact) mass is 299 g/mol. The lowest BCUT2D eigenvalue weighted by atomic mass is 10.4. The Labute approximate surface area is 117 Å². The summed E-state index contributed by atoms with van der Waals surface area (Å²) in [6.07, 6.45) is -0.932. The third kappa shape index (κ3) is 2.85. The number of aromatic nitrogens is 1. The number of rotatable bonds is 4. The van der Waals surface area contributed by atoms with Crippen LogP contribution in [0.15, 0.2) is 6.07 Å². The summed E-state index contributed by atoms with van der Waals surface area (Å²) in [7, 11) is 3.82. The smallest absolute Gasteiger partial charge is 0.349 e. The summed E-state index contributed by atoms with van der Waals surface area (Å²) in [4.78, 5) is 30.1. The highest BCUT2D eigenvalue weighted by molar-refractivity contribution is 7.29. The van der Waals surface area contributed by atoms with Crippen molar-refractivity contribution in [2.24, 2.45) is 5.73 Å². The summed E-state index contributed by atoms with van der Waals surface area (Å²) in [6.45, 7) is 1.44. The van der Waals surface area contributed by atoms with Crippen molar-refractivity contribution < 1.29 is 14.3 Å². The van der Waals surface area contributed by atoms with Gasteiger partial charge in [0.05, 0.1) is 4.70 Å². The molecular formula is C11H13N3O3S2. The first-order chi connectivity index (χ1) is 8.88. The van der Waals surface area contributed by atoms with E-state index < -0.39 is 18.0 Å². The van der Waals surface area contributed by atoms with Gasteiger partial charge in [-0.1, -0.05) is 11.3 Å². The molecule has 6 nitrogen and oxygen atoms in total. The van der Waals surface area contributed by atoms with Crippen molar-refractivity contribution in [2.75, 3.05) is 19.0 Å². The van der Waals surface area contributed by atoms with Gasteiger partial charge in [0.2, 0.25) is 0 Å².